The van der Waals surface area contributed by atoms with Gasteiger partial charge in [-0.3, -0.25) is 0 Å². The first-order valence-corrected chi connectivity index (χ1v) is 6.71. The minimum atomic E-state index is -0.0479. The van der Waals surface area contributed by atoms with Crippen molar-refractivity contribution >= 4 is 5.95 Å². The molecule has 0 saturated carbocycles. The van der Waals surface area contributed by atoms with E-state index in [0.717, 1.165) is 17.7 Å². The first-order chi connectivity index (χ1) is 10.2. The van der Waals surface area contributed by atoms with Crippen molar-refractivity contribution in [1.29, 1.82) is 0 Å². The number of hydrogen-bond donors (Lipinski definition) is 2. The van der Waals surface area contributed by atoms with Crippen LogP contribution in [-0.4, -0.2) is 28.7 Å². The van der Waals surface area contributed by atoms with Crippen LogP contribution in [0.1, 0.15) is 18.1 Å². The molecule has 1 aromatic heterocycles. The summed E-state index contributed by atoms with van der Waals surface area (Å²) in [6.07, 6.45) is 1.70. The number of aromatic nitrogens is 2. The summed E-state index contributed by atoms with van der Waals surface area (Å²) >= 11 is 0. The molecule has 0 radical (unpaired) electrons. The Morgan fingerprint density at radius 3 is 2.76 bits per heavy atom. The van der Waals surface area contributed by atoms with Gasteiger partial charge in [0.25, 0.3) is 0 Å². The molecule has 6 heteroatoms. The van der Waals surface area contributed by atoms with Crippen LogP contribution in [0.15, 0.2) is 24.4 Å². The predicted molar refractivity (Wildman–Crippen MR) is 79.9 cm³/mol. The highest BCUT2D eigenvalue weighted by atomic mass is 16.5. The normalized spacial score (nSPS) is 10.3. The number of hydrogen-bond acceptors (Lipinski definition) is 6. The summed E-state index contributed by atoms with van der Waals surface area (Å²) < 4.78 is 11.1. The molecule has 2 N–H and O–H groups in total. The predicted octanol–water partition coefficient (Wildman–Crippen LogP) is 2.51. The topological polar surface area (TPSA) is 76.5 Å². The minimum absolute atomic E-state index is 0.0479. The van der Waals surface area contributed by atoms with Crippen molar-refractivity contribution in [3.63, 3.8) is 0 Å². The SMILES string of the molecule is CCNc1ncc(C)c(Oc2ccc(CO)cc2OC)n1. The third-order valence-electron chi connectivity index (χ3n) is 2.88. The van der Waals surface area contributed by atoms with E-state index in [9.17, 15) is 0 Å². The molecule has 0 atom stereocenters. The second-order valence-electron chi connectivity index (χ2n) is 4.46. The number of methoxy groups -OCH3 is 1. The zero-order valence-electron chi connectivity index (χ0n) is 12.4. The maximum Gasteiger partial charge on any atom is 0.227 e. The molecule has 112 valence electrons. The Morgan fingerprint density at radius 2 is 2.10 bits per heavy atom. The van der Waals surface area contributed by atoms with Crippen LogP contribution in [0.3, 0.4) is 0 Å². The molecule has 2 rings (SSSR count). The van der Waals surface area contributed by atoms with Gasteiger partial charge in [0.2, 0.25) is 11.8 Å². The van der Waals surface area contributed by atoms with Crippen molar-refractivity contribution in [1.82, 2.24) is 9.97 Å². The Morgan fingerprint density at radius 1 is 1.29 bits per heavy atom. The van der Waals surface area contributed by atoms with Crippen molar-refractivity contribution in [2.24, 2.45) is 0 Å². The summed E-state index contributed by atoms with van der Waals surface area (Å²) in [5.74, 6) is 2.07. The van der Waals surface area contributed by atoms with Crippen molar-refractivity contribution in [3.05, 3.63) is 35.5 Å². The van der Waals surface area contributed by atoms with Crippen molar-refractivity contribution < 1.29 is 14.6 Å². The van der Waals surface area contributed by atoms with Gasteiger partial charge in [0.15, 0.2) is 11.5 Å². The van der Waals surface area contributed by atoms with E-state index in [0.29, 0.717) is 23.3 Å². The number of benzene rings is 1. The van der Waals surface area contributed by atoms with Gasteiger partial charge < -0.3 is 19.9 Å². The molecule has 0 bridgehead atoms. The highest BCUT2D eigenvalue weighted by Crippen LogP contribution is 2.33. The molecule has 0 aliphatic heterocycles. The van der Waals surface area contributed by atoms with Crippen LogP contribution in [-0.2, 0) is 6.61 Å². The molecule has 0 spiro atoms. The maximum absolute atomic E-state index is 9.15. The van der Waals surface area contributed by atoms with Gasteiger partial charge >= 0.3 is 0 Å². The van der Waals surface area contributed by atoms with E-state index >= 15 is 0 Å². The van der Waals surface area contributed by atoms with E-state index in [4.69, 9.17) is 14.6 Å². The zero-order chi connectivity index (χ0) is 15.2. The Bertz CT molecular complexity index is 617. The van der Waals surface area contributed by atoms with Gasteiger partial charge in [-0.15, -0.1) is 0 Å². The van der Waals surface area contributed by atoms with E-state index in [-0.39, 0.29) is 6.61 Å². The van der Waals surface area contributed by atoms with Crippen LogP contribution in [0.2, 0.25) is 0 Å². The highest BCUT2D eigenvalue weighted by molar-refractivity contribution is 5.45. The molecule has 6 nitrogen and oxygen atoms in total. The quantitative estimate of drug-likeness (QED) is 0.851. The van der Waals surface area contributed by atoms with E-state index in [1.807, 2.05) is 13.8 Å². The van der Waals surface area contributed by atoms with Crippen LogP contribution in [0.25, 0.3) is 0 Å². The first-order valence-electron chi connectivity index (χ1n) is 6.71. The van der Waals surface area contributed by atoms with Crippen LogP contribution >= 0.6 is 0 Å². The average molecular weight is 289 g/mol. The summed E-state index contributed by atoms with van der Waals surface area (Å²) in [5, 5.41) is 12.2. The van der Waals surface area contributed by atoms with Gasteiger partial charge in [0.1, 0.15) is 0 Å². The van der Waals surface area contributed by atoms with Crippen LogP contribution in [0.4, 0.5) is 5.95 Å². The summed E-state index contributed by atoms with van der Waals surface area (Å²) in [5.41, 5.74) is 1.58. The highest BCUT2D eigenvalue weighted by Gasteiger charge is 2.11. The van der Waals surface area contributed by atoms with Gasteiger partial charge in [-0.05, 0) is 31.5 Å². The number of ether oxygens (including phenoxy) is 2. The Kier molecular flexibility index (Phi) is 4.94. The monoisotopic (exact) mass is 289 g/mol. The number of rotatable bonds is 6. The fourth-order valence-electron chi connectivity index (χ4n) is 1.77. The van der Waals surface area contributed by atoms with E-state index < -0.39 is 0 Å². The Labute approximate surface area is 123 Å². The number of nitrogens with zero attached hydrogens (tertiary/aromatic N) is 2. The summed E-state index contributed by atoms with van der Waals surface area (Å²) in [4.78, 5) is 8.50. The third-order valence-corrected chi connectivity index (χ3v) is 2.88. The van der Waals surface area contributed by atoms with Gasteiger partial charge in [-0.1, -0.05) is 6.07 Å². The van der Waals surface area contributed by atoms with Gasteiger partial charge in [0, 0.05) is 18.3 Å². The summed E-state index contributed by atoms with van der Waals surface area (Å²) in [6.45, 7) is 4.53. The largest absolute Gasteiger partial charge is 0.493 e. The molecule has 1 heterocycles. The van der Waals surface area contributed by atoms with E-state index in [2.05, 4.69) is 15.3 Å². The lowest BCUT2D eigenvalue weighted by molar-refractivity contribution is 0.280. The van der Waals surface area contributed by atoms with E-state index in [1.54, 1.807) is 31.5 Å². The molecule has 0 aliphatic rings. The Hall–Kier alpha value is -2.34. The maximum atomic E-state index is 9.15. The van der Waals surface area contributed by atoms with Gasteiger partial charge in [0.05, 0.1) is 13.7 Å². The van der Waals surface area contributed by atoms with Crippen molar-refractivity contribution in [2.75, 3.05) is 19.0 Å². The van der Waals surface area contributed by atoms with Crippen molar-refractivity contribution in [3.8, 4) is 17.4 Å². The number of anilines is 1. The summed E-state index contributed by atoms with van der Waals surface area (Å²) in [7, 11) is 1.56. The third kappa shape index (κ3) is 3.61. The van der Waals surface area contributed by atoms with Crippen LogP contribution in [0.5, 0.6) is 17.4 Å². The van der Waals surface area contributed by atoms with Crippen LogP contribution < -0.4 is 14.8 Å². The molecule has 0 fully saturated rings. The Balaban J connectivity index is 2.31. The fraction of sp³-hybridized carbons (Fsp3) is 0.333. The number of aliphatic hydroxyl groups excluding tert-OH is 1. The number of nitrogens with one attached hydrogen (secondary N) is 1. The smallest absolute Gasteiger partial charge is 0.227 e. The second kappa shape index (κ2) is 6.90. The molecule has 0 saturated heterocycles. The summed E-state index contributed by atoms with van der Waals surface area (Å²) in [6, 6.07) is 5.26. The lowest BCUT2D eigenvalue weighted by atomic mass is 10.2. The van der Waals surface area contributed by atoms with E-state index in [1.165, 1.54) is 0 Å². The number of aliphatic hydroxyl groups is 1. The van der Waals surface area contributed by atoms with Gasteiger partial charge in [-0.2, -0.15) is 4.98 Å². The molecular formula is C15H19N3O3. The molecule has 0 unspecified atom stereocenters. The fourth-order valence-corrected chi connectivity index (χ4v) is 1.77. The molecule has 0 amide bonds. The molecule has 1 aromatic carbocycles. The molecule has 2 aromatic rings. The van der Waals surface area contributed by atoms with Crippen molar-refractivity contribution in [2.45, 2.75) is 20.5 Å². The second-order valence-corrected chi connectivity index (χ2v) is 4.46. The zero-order valence-corrected chi connectivity index (χ0v) is 12.4. The first kappa shape index (κ1) is 15.1. The molecule has 21 heavy (non-hydrogen) atoms. The van der Waals surface area contributed by atoms with Gasteiger partial charge in [-0.25, -0.2) is 4.98 Å². The molecule has 0 aliphatic carbocycles. The number of aryl methyl sites for hydroxylation is 1. The lowest BCUT2D eigenvalue weighted by Crippen LogP contribution is -2.04. The molecular weight excluding hydrogens is 270 g/mol. The minimum Gasteiger partial charge on any atom is -0.493 e. The lowest BCUT2D eigenvalue weighted by Gasteiger charge is -2.13. The average Bonchev–Trinajstić information content (AvgIpc) is 2.51. The van der Waals surface area contributed by atoms with Crippen LogP contribution in [0, 0.1) is 6.92 Å². The standard InChI is InChI=1S/C15H19N3O3/c1-4-16-15-17-8-10(2)14(18-15)21-12-6-5-11(9-19)7-13(12)20-3/h5-8,19H,4,9H2,1-3H3,(H,16,17,18).